The molecule has 1 aromatic rings. The van der Waals surface area contributed by atoms with Gasteiger partial charge < -0.3 is 5.32 Å². The standard InChI is InChI=1S/C13H21N3O2S/c1-11-7-9-15-13(12(11)16(17)18)14-8-5-3-4-6-10-19-2/h7,9H,3-6,8,10H2,1-2H3,(H,14,15). The molecule has 0 saturated carbocycles. The Hall–Kier alpha value is -1.30. The summed E-state index contributed by atoms with van der Waals surface area (Å²) in [7, 11) is 0. The van der Waals surface area contributed by atoms with Crippen molar-refractivity contribution in [2.24, 2.45) is 0 Å². The summed E-state index contributed by atoms with van der Waals surface area (Å²) < 4.78 is 0. The van der Waals surface area contributed by atoms with Gasteiger partial charge in [-0.05, 0) is 37.8 Å². The van der Waals surface area contributed by atoms with Crippen LogP contribution in [-0.4, -0.2) is 28.5 Å². The molecule has 0 amide bonds. The van der Waals surface area contributed by atoms with Crippen molar-refractivity contribution in [2.75, 3.05) is 23.9 Å². The number of pyridine rings is 1. The van der Waals surface area contributed by atoms with Crippen LogP contribution in [-0.2, 0) is 0 Å². The van der Waals surface area contributed by atoms with Gasteiger partial charge in [-0.3, -0.25) is 10.1 Å². The van der Waals surface area contributed by atoms with Gasteiger partial charge >= 0.3 is 5.69 Å². The molecule has 0 aromatic carbocycles. The van der Waals surface area contributed by atoms with Crippen molar-refractivity contribution in [2.45, 2.75) is 32.6 Å². The predicted octanol–water partition coefficient (Wildman–Crippen LogP) is 3.63. The number of hydrogen-bond acceptors (Lipinski definition) is 5. The minimum absolute atomic E-state index is 0.0879. The van der Waals surface area contributed by atoms with Crippen LogP contribution in [0.25, 0.3) is 0 Å². The van der Waals surface area contributed by atoms with Gasteiger partial charge in [-0.1, -0.05) is 12.8 Å². The molecular formula is C13H21N3O2S. The zero-order valence-corrected chi connectivity index (χ0v) is 12.3. The third-order valence-electron chi connectivity index (χ3n) is 2.88. The van der Waals surface area contributed by atoms with Crippen LogP contribution in [0.5, 0.6) is 0 Å². The lowest BCUT2D eigenvalue weighted by Crippen LogP contribution is -2.07. The highest BCUT2D eigenvalue weighted by molar-refractivity contribution is 7.98. The molecule has 0 spiro atoms. The smallest absolute Gasteiger partial charge is 0.314 e. The Morgan fingerprint density at radius 1 is 1.37 bits per heavy atom. The number of nitrogens with one attached hydrogen (secondary N) is 1. The number of aromatic nitrogens is 1. The molecule has 19 heavy (non-hydrogen) atoms. The summed E-state index contributed by atoms with van der Waals surface area (Å²) in [5.74, 6) is 1.59. The molecule has 0 unspecified atom stereocenters. The van der Waals surface area contributed by atoms with Crippen molar-refractivity contribution >= 4 is 23.3 Å². The summed E-state index contributed by atoms with van der Waals surface area (Å²) in [4.78, 5) is 14.7. The van der Waals surface area contributed by atoms with Crippen molar-refractivity contribution in [1.82, 2.24) is 4.98 Å². The van der Waals surface area contributed by atoms with Crippen molar-refractivity contribution in [3.63, 3.8) is 0 Å². The second kappa shape index (κ2) is 8.74. The van der Waals surface area contributed by atoms with Crippen LogP contribution in [0.15, 0.2) is 12.3 Å². The molecule has 1 rings (SSSR count). The van der Waals surface area contributed by atoms with E-state index in [9.17, 15) is 10.1 Å². The lowest BCUT2D eigenvalue weighted by Gasteiger charge is -2.07. The van der Waals surface area contributed by atoms with Gasteiger partial charge in [0.1, 0.15) is 0 Å². The zero-order chi connectivity index (χ0) is 14.1. The van der Waals surface area contributed by atoms with E-state index in [1.807, 2.05) is 11.8 Å². The molecule has 1 aromatic heterocycles. The Balaban J connectivity index is 2.37. The molecule has 1 heterocycles. The molecule has 1 N–H and O–H groups in total. The molecule has 0 atom stereocenters. The highest BCUT2D eigenvalue weighted by Crippen LogP contribution is 2.25. The summed E-state index contributed by atoms with van der Waals surface area (Å²) >= 11 is 1.87. The van der Waals surface area contributed by atoms with Gasteiger partial charge in [0.05, 0.1) is 4.92 Å². The molecule has 0 radical (unpaired) electrons. The van der Waals surface area contributed by atoms with E-state index in [4.69, 9.17) is 0 Å². The molecule has 0 aliphatic carbocycles. The average Bonchev–Trinajstić information content (AvgIpc) is 2.37. The van der Waals surface area contributed by atoms with Crippen LogP contribution in [0.3, 0.4) is 0 Å². The van der Waals surface area contributed by atoms with Crippen LogP contribution in [0.1, 0.15) is 31.2 Å². The normalized spacial score (nSPS) is 10.4. The first-order valence-electron chi connectivity index (χ1n) is 6.49. The van der Waals surface area contributed by atoms with E-state index >= 15 is 0 Å². The highest BCUT2D eigenvalue weighted by atomic mass is 32.2. The van der Waals surface area contributed by atoms with Gasteiger partial charge in [-0.25, -0.2) is 4.98 Å². The topological polar surface area (TPSA) is 68.1 Å². The van der Waals surface area contributed by atoms with Gasteiger partial charge in [0.2, 0.25) is 5.82 Å². The molecule has 0 aliphatic rings. The predicted molar refractivity (Wildman–Crippen MR) is 81.0 cm³/mol. The molecule has 5 nitrogen and oxygen atoms in total. The molecule has 0 bridgehead atoms. The molecular weight excluding hydrogens is 262 g/mol. The van der Waals surface area contributed by atoms with Crippen LogP contribution in [0.4, 0.5) is 11.5 Å². The van der Waals surface area contributed by atoms with E-state index < -0.39 is 0 Å². The minimum Gasteiger partial charge on any atom is -0.364 e. The maximum absolute atomic E-state index is 11.0. The van der Waals surface area contributed by atoms with Crippen molar-refractivity contribution in [1.29, 1.82) is 0 Å². The largest absolute Gasteiger partial charge is 0.364 e. The van der Waals surface area contributed by atoms with Crippen molar-refractivity contribution < 1.29 is 4.92 Å². The van der Waals surface area contributed by atoms with Crippen molar-refractivity contribution in [3.05, 3.63) is 27.9 Å². The number of aryl methyl sites for hydroxylation is 1. The number of anilines is 1. The Morgan fingerprint density at radius 2 is 2.11 bits per heavy atom. The second-order valence-electron chi connectivity index (χ2n) is 4.42. The third-order valence-corrected chi connectivity index (χ3v) is 3.57. The maximum Gasteiger partial charge on any atom is 0.314 e. The van der Waals surface area contributed by atoms with Gasteiger partial charge in [0.25, 0.3) is 0 Å². The van der Waals surface area contributed by atoms with Gasteiger partial charge in [0.15, 0.2) is 0 Å². The monoisotopic (exact) mass is 283 g/mol. The third kappa shape index (κ3) is 5.46. The maximum atomic E-state index is 11.0. The van der Waals surface area contributed by atoms with E-state index in [-0.39, 0.29) is 10.6 Å². The lowest BCUT2D eigenvalue weighted by atomic mass is 10.2. The van der Waals surface area contributed by atoms with Crippen LogP contribution >= 0.6 is 11.8 Å². The van der Waals surface area contributed by atoms with Gasteiger partial charge in [-0.15, -0.1) is 0 Å². The number of thioether (sulfide) groups is 1. The molecule has 106 valence electrons. The fourth-order valence-corrected chi connectivity index (χ4v) is 2.33. The Labute approximate surface area is 118 Å². The fraction of sp³-hybridized carbons (Fsp3) is 0.615. The highest BCUT2D eigenvalue weighted by Gasteiger charge is 2.17. The second-order valence-corrected chi connectivity index (χ2v) is 5.40. The summed E-state index contributed by atoms with van der Waals surface area (Å²) in [5, 5.41) is 14.0. The molecule has 0 saturated heterocycles. The summed E-state index contributed by atoms with van der Waals surface area (Å²) in [6, 6.07) is 1.66. The van der Waals surface area contributed by atoms with E-state index in [1.54, 1.807) is 19.2 Å². The number of unbranched alkanes of at least 4 members (excludes halogenated alkanes) is 3. The number of nitro groups is 1. The first-order valence-corrected chi connectivity index (χ1v) is 7.89. The molecule has 0 fully saturated rings. The summed E-state index contributed by atoms with van der Waals surface area (Å²) in [6.45, 7) is 2.46. The zero-order valence-electron chi connectivity index (χ0n) is 11.5. The van der Waals surface area contributed by atoms with Gasteiger partial charge in [-0.2, -0.15) is 11.8 Å². The average molecular weight is 283 g/mol. The molecule has 6 heteroatoms. The quantitative estimate of drug-likeness (QED) is 0.426. The van der Waals surface area contributed by atoms with Crippen LogP contribution in [0, 0.1) is 17.0 Å². The lowest BCUT2D eigenvalue weighted by molar-refractivity contribution is -0.384. The van der Waals surface area contributed by atoms with Crippen LogP contribution < -0.4 is 5.32 Å². The Morgan fingerprint density at radius 3 is 2.79 bits per heavy atom. The van der Waals surface area contributed by atoms with E-state index in [1.165, 1.54) is 18.6 Å². The first kappa shape index (κ1) is 15.8. The number of nitrogens with zero attached hydrogens (tertiary/aromatic N) is 2. The SMILES string of the molecule is CSCCCCCCNc1nccc(C)c1[N+](=O)[O-]. The summed E-state index contributed by atoms with van der Waals surface area (Å²) in [5.41, 5.74) is 0.729. The van der Waals surface area contributed by atoms with Crippen molar-refractivity contribution in [3.8, 4) is 0 Å². The van der Waals surface area contributed by atoms with Gasteiger partial charge in [0, 0.05) is 18.3 Å². The number of rotatable bonds is 9. The number of hydrogen-bond donors (Lipinski definition) is 1. The first-order chi connectivity index (χ1) is 9.16. The Kier molecular flexibility index (Phi) is 7.25. The molecule has 0 aliphatic heterocycles. The fourth-order valence-electron chi connectivity index (χ4n) is 1.84. The summed E-state index contributed by atoms with van der Waals surface area (Å²) in [6.07, 6.45) is 8.33. The van der Waals surface area contributed by atoms with E-state index in [2.05, 4.69) is 16.6 Å². The minimum atomic E-state index is -0.372. The van der Waals surface area contributed by atoms with E-state index in [0.29, 0.717) is 11.4 Å². The van der Waals surface area contributed by atoms with Crippen LogP contribution in [0.2, 0.25) is 0 Å². The Bertz CT molecular complexity index is 413. The van der Waals surface area contributed by atoms with E-state index in [0.717, 1.165) is 19.4 Å².